The molecule has 0 aliphatic heterocycles. The zero-order chi connectivity index (χ0) is 20.3. The van der Waals surface area contributed by atoms with Crippen molar-refractivity contribution in [3.8, 4) is 0 Å². The Morgan fingerprint density at radius 2 is 1.74 bits per heavy atom. The van der Waals surface area contributed by atoms with Crippen molar-refractivity contribution in [3.05, 3.63) is 56.9 Å². The lowest BCUT2D eigenvalue weighted by Crippen LogP contribution is -2.37. The van der Waals surface area contributed by atoms with Crippen LogP contribution in [0.25, 0.3) is 0 Å². The zero-order valence-corrected chi connectivity index (χ0v) is 16.1. The molecule has 0 atom stereocenters. The van der Waals surface area contributed by atoms with E-state index in [4.69, 9.17) is 0 Å². The molecule has 0 saturated heterocycles. The molecule has 2 amide bonds. The molecule has 0 radical (unpaired) electrons. The predicted octanol–water partition coefficient (Wildman–Crippen LogP) is 1.62. The molecule has 0 saturated carbocycles. The first kappa shape index (κ1) is 20.1. The smallest absolute Gasteiger partial charge is 0.312 e. The van der Waals surface area contributed by atoms with Gasteiger partial charge >= 0.3 is 5.69 Å². The molecule has 2 rings (SSSR count). The van der Waals surface area contributed by atoms with Crippen molar-refractivity contribution >= 4 is 17.5 Å². The van der Waals surface area contributed by atoms with Crippen molar-refractivity contribution in [2.24, 2.45) is 0 Å². The summed E-state index contributed by atoms with van der Waals surface area (Å²) in [6.45, 7) is 3.63. The van der Waals surface area contributed by atoms with Crippen LogP contribution in [0.1, 0.15) is 27.3 Å². The van der Waals surface area contributed by atoms with E-state index in [2.05, 4.69) is 5.10 Å². The number of likely N-dealkylation sites (N-methyl/N-ethyl adjacent to an activating group) is 2. The maximum absolute atomic E-state index is 12.4. The summed E-state index contributed by atoms with van der Waals surface area (Å²) in [6.07, 6.45) is 0. The highest BCUT2D eigenvalue weighted by Gasteiger charge is 2.22. The second kappa shape index (κ2) is 7.98. The maximum Gasteiger partial charge on any atom is 0.312 e. The van der Waals surface area contributed by atoms with E-state index in [9.17, 15) is 19.7 Å². The lowest BCUT2D eigenvalue weighted by molar-refractivity contribution is -0.386. The van der Waals surface area contributed by atoms with Gasteiger partial charge in [0.15, 0.2) is 0 Å². The monoisotopic (exact) mass is 373 g/mol. The number of carbonyl (C=O) groups is 2. The molecule has 1 aromatic carbocycles. The van der Waals surface area contributed by atoms with E-state index in [0.29, 0.717) is 23.5 Å². The number of rotatable bonds is 6. The van der Waals surface area contributed by atoms with Crippen LogP contribution in [0.15, 0.2) is 24.3 Å². The molecular weight excluding hydrogens is 350 g/mol. The molecule has 0 spiro atoms. The molecule has 9 heteroatoms. The second-order valence-corrected chi connectivity index (χ2v) is 6.58. The third-order valence-electron chi connectivity index (χ3n) is 4.28. The maximum atomic E-state index is 12.4. The lowest BCUT2D eigenvalue weighted by Gasteiger charge is -2.19. The van der Waals surface area contributed by atoms with Crippen LogP contribution in [-0.2, 0) is 11.3 Å². The fourth-order valence-corrected chi connectivity index (χ4v) is 2.67. The molecule has 0 N–H and O–H groups in total. The first-order valence-corrected chi connectivity index (χ1v) is 8.34. The summed E-state index contributed by atoms with van der Waals surface area (Å²) in [5, 5.41) is 15.3. The van der Waals surface area contributed by atoms with Gasteiger partial charge in [0.05, 0.1) is 18.0 Å². The quantitative estimate of drug-likeness (QED) is 0.566. The van der Waals surface area contributed by atoms with Gasteiger partial charge in [-0.1, -0.05) is 12.1 Å². The van der Waals surface area contributed by atoms with Gasteiger partial charge in [-0.25, -0.2) is 0 Å². The molecule has 0 aliphatic carbocycles. The average Bonchev–Trinajstić information content (AvgIpc) is 2.88. The Bertz CT molecular complexity index is 871. The molecule has 0 unspecified atom stereocenters. The fourth-order valence-electron chi connectivity index (χ4n) is 2.67. The van der Waals surface area contributed by atoms with Crippen LogP contribution in [0, 0.1) is 24.0 Å². The van der Waals surface area contributed by atoms with Gasteiger partial charge in [-0.2, -0.15) is 5.10 Å². The van der Waals surface area contributed by atoms with E-state index >= 15 is 0 Å². The van der Waals surface area contributed by atoms with Gasteiger partial charge in [0, 0.05) is 26.7 Å². The molecular formula is C18H23N5O4. The number of nitrogens with zero attached hydrogens (tertiary/aromatic N) is 5. The summed E-state index contributed by atoms with van der Waals surface area (Å²) >= 11 is 0. The number of hydrogen-bond acceptors (Lipinski definition) is 5. The van der Waals surface area contributed by atoms with E-state index in [1.165, 1.54) is 9.80 Å². The Morgan fingerprint density at radius 3 is 2.22 bits per heavy atom. The van der Waals surface area contributed by atoms with Crippen molar-refractivity contribution in [2.45, 2.75) is 20.4 Å². The van der Waals surface area contributed by atoms with Crippen molar-refractivity contribution in [3.63, 3.8) is 0 Å². The summed E-state index contributed by atoms with van der Waals surface area (Å²) < 4.78 is 1.58. The predicted molar refractivity (Wildman–Crippen MR) is 99.6 cm³/mol. The van der Waals surface area contributed by atoms with E-state index in [1.807, 2.05) is 0 Å². The van der Waals surface area contributed by atoms with Crippen LogP contribution in [0.4, 0.5) is 5.69 Å². The van der Waals surface area contributed by atoms with Gasteiger partial charge in [-0.05, 0) is 31.5 Å². The third-order valence-corrected chi connectivity index (χ3v) is 4.28. The van der Waals surface area contributed by atoms with Gasteiger partial charge in [0.2, 0.25) is 5.91 Å². The SMILES string of the molecule is Cc1nn(Cc2ccc(C(=O)N(C)CC(=O)N(C)C)cc2)c(C)c1[N+](=O)[O-]. The Balaban J connectivity index is 2.12. The normalized spacial score (nSPS) is 10.6. The summed E-state index contributed by atoms with van der Waals surface area (Å²) in [5.41, 5.74) is 2.20. The van der Waals surface area contributed by atoms with E-state index in [0.717, 1.165) is 5.56 Å². The lowest BCUT2D eigenvalue weighted by atomic mass is 10.1. The van der Waals surface area contributed by atoms with Gasteiger partial charge in [0.25, 0.3) is 5.91 Å². The molecule has 27 heavy (non-hydrogen) atoms. The fraction of sp³-hybridized carbons (Fsp3) is 0.389. The number of carbonyl (C=O) groups excluding carboxylic acids is 2. The van der Waals surface area contributed by atoms with Crippen LogP contribution in [-0.4, -0.2) is 64.0 Å². The summed E-state index contributed by atoms with van der Waals surface area (Å²) in [6, 6.07) is 6.90. The summed E-state index contributed by atoms with van der Waals surface area (Å²) in [7, 11) is 4.85. The largest absolute Gasteiger partial charge is 0.347 e. The molecule has 1 heterocycles. The van der Waals surface area contributed by atoms with Gasteiger partial charge < -0.3 is 9.80 Å². The molecule has 0 fully saturated rings. The molecule has 9 nitrogen and oxygen atoms in total. The average molecular weight is 373 g/mol. The molecule has 144 valence electrons. The highest BCUT2D eigenvalue weighted by Crippen LogP contribution is 2.22. The van der Waals surface area contributed by atoms with Crippen LogP contribution in [0.3, 0.4) is 0 Å². The van der Waals surface area contributed by atoms with Crippen molar-refractivity contribution in [2.75, 3.05) is 27.7 Å². The number of benzene rings is 1. The van der Waals surface area contributed by atoms with Crippen LogP contribution in [0.2, 0.25) is 0 Å². The highest BCUT2D eigenvalue weighted by molar-refractivity contribution is 5.96. The minimum absolute atomic E-state index is 0.00299. The van der Waals surface area contributed by atoms with Crippen LogP contribution >= 0.6 is 0 Å². The van der Waals surface area contributed by atoms with Gasteiger partial charge in [-0.15, -0.1) is 0 Å². The first-order valence-electron chi connectivity index (χ1n) is 8.34. The third kappa shape index (κ3) is 4.49. The highest BCUT2D eigenvalue weighted by atomic mass is 16.6. The Kier molecular flexibility index (Phi) is 5.94. The second-order valence-electron chi connectivity index (χ2n) is 6.58. The Hall–Kier alpha value is -3.23. The summed E-state index contributed by atoms with van der Waals surface area (Å²) in [4.78, 5) is 37.6. The number of aryl methyl sites for hydroxylation is 1. The molecule has 0 bridgehead atoms. The molecule has 0 aliphatic rings. The molecule has 2 aromatic rings. The number of hydrogen-bond donors (Lipinski definition) is 0. The van der Waals surface area contributed by atoms with Crippen LogP contribution in [0.5, 0.6) is 0 Å². The van der Waals surface area contributed by atoms with Crippen LogP contribution < -0.4 is 0 Å². The van der Waals surface area contributed by atoms with Crippen molar-refractivity contribution in [1.82, 2.24) is 19.6 Å². The molecule has 1 aromatic heterocycles. The summed E-state index contributed by atoms with van der Waals surface area (Å²) in [5.74, 6) is -0.410. The zero-order valence-electron chi connectivity index (χ0n) is 16.1. The topological polar surface area (TPSA) is 102 Å². The van der Waals surface area contributed by atoms with Crippen molar-refractivity contribution < 1.29 is 14.5 Å². The van der Waals surface area contributed by atoms with E-state index in [-0.39, 0.29) is 24.0 Å². The Labute approximate surface area is 157 Å². The van der Waals surface area contributed by atoms with Gasteiger partial charge in [-0.3, -0.25) is 24.4 Å². The number of nitro groups is 1. The minimum Gasteiger partial charge on any atom is -0.347 e. The Morgan fingerprint density at radius 1 is 1.15 bits per heavy atom. The standard InChI is InChI=1S/C18H23N5O4/c1-12-17(23(26)27)13(2)22(19-12)10-14-6-8-15(9-7-14)18(25)21(5)11-16(24)20(3)4/h6-9H,10-11H2,1-5H3. The minimum atomic E-state index is -0.430. The van der Waals surface area contributed by atoms with E-state index in [1.54, 1.807) is 63.9 Å². The number of aromatic nitrogens is 2. The van der Waals surface area contributed by atoms with Gasteiger partial charge in [0.1, 0.15) is 11.4 Å². The van der Waals surface area contributed by atoms with E-state index < -0.39 is 4.92 Å². The number of amides is 2. The first-order chi connectivity index (χ1) is 12.6. The van der Waals surface area contributed by atoms with Crippen molar-refractivity contribution in [1.29, 1.82) is 0 Å².